The molecule has 0 heterocycles. The van der Waals surface area contributed by atoms with Crippen molar-refractivity contribution in [2.75, 3.05) is 24.3 Å². The first-order valence-corrected chi connectivity index (χ1v) is 7.77. The second-order valence-corrected chi connectivity index (χ2v) is 5.82. The smallest absolute Gasteiger partial charge is 0.337 e. The number of esters is 1. The highest BCUT2D eigenvalue weighted by atomic mass is 35.5. The highest BCUT2D eigenvalue weighted by molar-refractivity contribution is 6.31. The number of amides is 1. The standard InChI is InChI=1S/C18H19ClN2O3/c1-11-4-6-13(18(23)24-3)8-15(11)20-10-17(22)21-16-9-14(19)7-5-12(16)2/h4-9,20H,10H2,1-3H3,(H,21,22). The summed E-state index contributed by atoms with van der Waals surface area (Å²) in [5.74, 6) is -0.625. The Morgan fingerprint density at radius 3 is 2.42 bits per heavy atom. The molecule has 0 saturated carbocycles. The molecule has 2 aromatic carbocycles. The highest BCUT2D eigenvalue weighted by Gasteiger charge is 2.10. The molecule has 2 rings (SSSR count). The van der Waals surface area contributed by atoms with E-state index in [4.69, 9.17) is 16.3 Å². The minimum absolute atomic E-state index is 0.0669. The minimum Gasteiger partial charge on any atom is -0.465 e. The maximum absolute atomic E-state index is 12.1. The summed E-state index contributed by atoms with van der Waals surface area (Å²) in [6.45, 7) is 3.85. The second kappa shape index (κ2) is 7.84. The second-order valence-electron chi connectivity index (χ2n) is 5.38. The molecular formula is C18H19ClN2O3. The number of methoxy groups -OCH3 is 1. The zero-order valence-electron chi connectivity index (χ0n) is 13.8. The van der Waals surface area contributed by atoms with E-state index in [0.29, 0.717) is 22.0 Å². The first-order chi connectivity index (χ1) is 11.4. The van der Waals surface area contributed by atoms with Gasteiger partial charge in [-0.1, -0.05) is 23.7 Å². The van der Waals surface area contributed by atoms with Gasteiger partial charge in [-0.3, -0.25) is 4.79 Å². The Morgan fingerprint density at radius 2 is 1.71 bits per heavy atom. The molecule has 6 heteroatoms. The summed E-state index contributed by atoms with van der Waals surface area (Å²) in [7, 11) is 1.33. The predicted octanol–water partition coefficient (Wildman–Crippen LogP) is 3.79. The van der Waals surface area contributed by atoms with E-state index < -0.39 is 5.97 Å². The van der Waals surface area contributed by atoms with Crippen LogP contribution in [-0.2, 0) is 9.53 Å². The first kappa shape index (κ1) is 17.8. The number of nitrogens with one attached hydrogen (secondary N) is 2. The van der Waals surface area contributed by atoms with Crippen LogP contribution in [0, 0.1) is 13.8 Å². The summed E-state index contributed by atoms with van der Waals surface area (Å²) in [6, 6.07) is 10.5. The lowest BCUT2D eigenvalue weighted by atomic mass is 10.1. The Hall–Kier alpha value is -2.53. The molecule has 0 unspecified atom stereocenters. The Labute approximate surface area is 146 Å². The fraction of sp³-hybridized carbons (Fsp3) is 0.222. The van der Waals surface area contributed by atoms with Crippen molar-refractivity contribution in [1.82, 2.24) is 0 Å². The van der Waals surface area contributed by atoms with Gasteiger partial charge in [0.25, 0.3) is 0 Å². The van der Waals surface area contributed by atoms with Crippen LogP contribution < -0.4 is 10.6 Å². The molecule has 126 valence electrons. The normalized spacial score (nSPS) is 10.2. The largest absolute Gasteiger partial charge is 0.465 e. The van der Waals surface area contributed by atoms with E-state index in [1.807, 2.05) is 19.9 Å². The van der Waals surface area contributed by atoms with Crippen LogP contribution in [0.1, 0.15) is 21.5 Å². The maximum atomic E-state index is 12.1. The van der Waals surface area contributed by atoms with Gasteiger partial charge in [0.1, 0.15) is 0 Å². The molecule has 2 N–H and O–H groups in total. The number of rotatable bonds is 5. The third kappa shape index (κ3) is 4.49. The number of benzene rings is 2. The van der Waals surface area contributed by atoms with Gasteiger partial charge in [-0.15, -0.1) is 0 Å². The van der Waals surface area contributed by atoms with Crippen molar-refractivity contribution < 1.29 is 14.3 Å². The number of hydrogen-bond acceptors (Lipinski definition) is 4. The van der Waals surface area contributed by atoms with E-state index in [-0.39, 0.29) is 12.5 Å². The van der Waals surface area contributed by atoms with Gasteiger partial charge in [-0.25, -0.2) is 4.79 Å². The van der Waals surface area contributed by atoms with Crippen LogP contribution in [0.4, 0.5) is 11.4 Å². The van der Waals surface area contributed by atoms with Gasteiger partial charge in [0.15, 0.2) is 0 Å². The number of carbonyl (C=O) groups excluding carboxylic acids is 2. The van der Waals surface area contributed by atoms with Gasteiger partial charge in [-0.05, 0) is 49.2 Å². The van der Waals surface area contributed by atoms with E-state index >= 15 is 0 Å². The minimum atomic E-state index is -0.419. The highest BCUT2D eigenvalue weighted by Crippen LogP contribution is 2.20. The fourth-order valence-electron chi connectivity index (χ4n) is 2.16. The molecule has 0 spiro atoms. The van der Waals surface area contributed by atoms with Gasteiger partial charge < -0.3 is 15.4 Å². The molecule has 5 nitrogen and oxygen atoms in total. The number of carbonyl (C=O) groups is 2. The predicted molar refractivity (Wildman–Crippen MR) is 95.8 cm³/mol. The molecule has 0 aliphatic carbocycles. The molecule has 0 atom stereocenters. The van der Waals surface area contributed by atoms with Crippen LogP contribution in [0.15, 0.2) is 36.4 Å². The van der Waals surface area contributed by atoms with E-state index in [9.17, 15) is 9.59 Å². The lowest BCUT2D eigenvalue weighted by Gasteiger charge is -2.12. The Kier molecular flexibility index (Phi) is 5.82. The molecule has 0 radical (unpaired) electrons. The zero-order valence-corrected chi connectivity index (χ0v) is 14.5. The lowest BCUT2D eigenvalue weighted by molar-refractivity contribution is -0.114. The fourth-order valence-corrected chi connectivity index (χ4v) is 2.33. The molecule has 0 aromatic heterocycles. The van der Waals surface area contributed by atoms with Crippen LogP contribution in [-0.4, -0.2) is 25.5 Å². The van der Waals surface area contributed by atoms with Gasteiger partial charge in [0.05, 0.1) is 19.2 Å². The van der Waals surface area contributed by atoms with Crippen molar-refractivity contribution in [3.05, 3.63) is 58.1 Å². The quantitative estimate of drug-likeness (QED) is 0.808. The van der Waals surface area contributed by atoms with Crippen LogP contribution in [0.5, 0.6) is 0 Å². The Bertz CT molecular complexity index is 775. The summed E-state index contributed by atoms with van der Waals surface area (Å²) in [6.07, 6.45) is 0. The number of halogens is 1. The van der Waals surface area contributed by atoms with E-state index in [1.54, 1.807) is 30.3 Å². The molecule has 0 aliphatic heterocycles. The van der Waals surface area contributed by atoms with Crippen LogP contribution in [0.2, 0.25) is 5.02 Å². The van der Waals surface area contributed by atoms with Crippen LogP contribution >= 0.6 is 11.6 Å². The zero-order chi connectivity index (χ0) is 17.7. The monoisotopic (exact) mass is 346 g/mol. The Morgan fingerprint density at radius 1 is 1.04 bits per heavy atom. The Balaban J connectivity index is 2.03. The molecule has 0 bridgehead atoms. The average molecular weight is 347 g/mol. The van der Waals surface area contributed by atoms with Gasteiger partial charge in [0.2, 0.25) is 5.91 Å². The molecule has 0 saturated heterocycles. The number of hydrogen-bond donors (Lipinski definition) is 2. The van der Waals surface area contributed by atoms with Crippen LogP contribution in [0.3, 0.4) is 0 Å². The topological polar surface area (TPSA) is 67.4 Å². The van der Waals surface area contributed by atoms with Gasteiger partial charge >= 0.3 is 5.97 Å². The van der Waals surface area contributed by atoms with E-state index in [2.05, 4.69) is 10.6 Å². The summed E-state index contributed by atoms with van der Waals surface area (Å²) in [5, 5.41) is 6.41. The molecule has 24 heavy (non-hydrogen) atoms. The van der Waals surface area contributed by atoms with Crippen molar-refractivity contribution in [2.45, 2.75) is 13.8 Å². The van der Waals surface area contributed by atoms with E-state index in [0.717, 1.165) is 11.1 Å². The third-order valence-corrected chi connectivity index (χ3v) is 3.81. The summed E-state index contributed by atoms with van der Waals surface area (Å²) in [5.41, 5.74) is 3.66. The van der Waals surface area contributed by atoms with Crippen LogP contribution in [0.25, 0.3) is 0 Å². The SMILES string of the molecule is COC(=O)c1ccc(C)c(NCC(=O)Nc2cc(Cl)ccc2C)c1. The maximum Gasteiger partial charge on any atom is 0.337 e. The number of ether oxygens (including phenoxy) is 1. The van der Waals surface area contributed by atoms with Crippen molar-refractivity contribution in [2.24, 2.45) is 0 Å². The van der Waals surface area contributed by atoms with Crippen molar-refractivity contribution >= 4 is 34.9 Å². The first-order valence-electron chi connectivity index (χ1n) is 7.39. The molecule has 0 aliphatic rings. The number of aryl methyl sites for hydroxylation is 2. The van der Waals surface area contributed by atoms with Crippen molar-refractivity contribution in [3.8, 4) is 0 Å². The molecule has 2 aromatic rings. The van der Waals surface area contributed by atoms with Gasteiger partial charge in [0, 0.05) is 16.4 Å². The summed E-state index contributed by atoms with van der Waals surface area (Å²) < 4.78 is 4.70. The van der Waals surface area contributed by atoms with E-state index in [1.165, 1.54) is 7.11 Å². The molecular weight excluding hydrogens is 328 g/mol. The van der Waals surface area contributed by atoms with Gasteiger partial charge in [-0.2, -0.15) is 0 Å². The summed E-state index contributed by atoms with van der Waals surface area (Å²) in [4.78, 5) is 23.7. The molecule has 1 amide bonds. The summed E-state index contributed by atoms with van der Waals surface area (Å²) >= 11 is 5.94. The molecule has 0 fully saturated rings. The lowest BCUT2D eigenvalue weighted by Crippen LogP contribution is -2.22. The number of anilines is 2. The third-order valence-electron chi connectivity index (χ3n) is 3.57. The van der Waals surface area contributed by atoms with Crippen molar-refractivity contribution in [1.29, 1.82) is 0 Å². The average Bonchev–Trinajstić information content (AvgIpc) is 2.56. The van der Waals surface area contributed by atoms with Crippen molar-refractivity contribution in [3.63, 3.8) is 0 Å².